The first-order valence-corrected chi connectivity index (χ1v) is 6.65. The van der Waals surface area contributed by atoms with Gasteiger partial charge in [-0.15, -0.1) is 0 Å². The predicted molar refractivity (Wildman–Crippen MR) is 79.5 cm³/mol. The molecule has 0 heterocycles. The largest absolute Gasteiger partial charge is 0.569 e. The van der Waals surface area contributed by atoms with Gasteiger partial charge in [-0.2, -0.15) is 0 Å². The molecule has 0 saturated carbocycles. The van der Waals surface area contributed by atoms with Gasteiger partial charge in [-0.3, -0.25) is 0 Å². The first-order chi connectivity index (χ1) is 10.2. The van der Waals surface area contributed by atoms with Crippen LogP contribution >= 0.6 is 0 Å². The molecule has 0 bridgehead atoms. The molecular weight excluding hydrogens is 289 g/mol. The standard InChI is InChI=1S/C14H19BNO6/c1-14(2,3)21-13(19)16-11(12(17)18)8-9-4-6-10(7-5-9)22-15-20/h4-7,11,20H,8H2,1-3H3,(H,16,19)(H,17,18)/t11-/m0/s1. The summed E-state index contributed by atoms with van der Waals surface area (Å²) in [6.45, 7) is 5.08. The van der Waals surface area contributed by atoms with E-state index in [1.54, 1.807) is 45.0 Å². The van der Waals surface area contributed by atoms with Crippen LogP contribution in [-0.4, -0.2) is 41.5 Å². The molecule has 0 aliphatic rings. The number of rotatable bonds is 6. The molecule has 0 saturated heterocycles. The molecule has 1 radical (unpaired) electrons. The molecule has 0 aromatic heterocycles. The lowest BCUT2D eigenvalue weighted by Crippen LogP contribution is -2.44. The van der Waals surface area contributed by atoms with Gasteiger partial charge >= 0.3 is 19.7 Å². The maximum absolute atomic E-state index is 11.7. The third kappa shape index (κ3) is 6.49. The van der Waals surface area contributed by atoms with Gasteiger partial charge in [-0.05, 0) is 38.5 Å². The molecular formula is C14H19BNO6. The third-order valence-corrected chi connectivity index (χ3v) is 2.54. The SMILES string of the molecule is CC(C)(C)OC(=O)N[C@@H](Cc1ccc(O[B]O)cc1)C(=O)O. The summed E-state index contributed by atoms with van der Waals surface area (Å²) < 4.78 is 9.80. The third-order valence-electron chi connectivity index (χ3n) is 2.54. The fraction of sp³-hybridized carbons (Fsp3) is 0.429. The van der Waals surface area contributed by atoms with Crippen LogP contribution in [0.5, 0.6) is 5.75 Å². The Morgan fingerprint density at radius 2 is 1.86 bits per heavy atom. The van der Waals surface area contributed by atoms with E-state index in [2.05, 4.69) is 5.32 Å². The number of carbonyl (C=O) groups is 2. The summed E-state index contributed by atoms with van der Waals surface area (Å²) in [4.78, 5) is 22.9. The minimum absolute atomic E-state index is 0.0949. The van der Waals surface area contributed by atoms with Crippen LogP contribution in [0.25, 0.3) is 0 Å². The Morgan fingerprint density at radius 3 is 2.32 bits per heavy atom. The molecule has 1 amide bonds. The zero-order valence-electron chi connectivity index (χ0n) is 12.7. The molecule has 1 aromatic carbocycles. The van der Waals surface area contributed by atoms with E-state index in [0.29, 0.717) is 19.0 Å². The zero-order chi connectivity index (χ0) is 16.8. The number of carbonyl (C=O) groups excluding carboxylic acids is 1. The number of alkyl carbamates (subject to hydrolysis) is 1. The molecule has 119 valence electrons. The molecule has 3 N–H and O–H groups in total. The lowest BCUT2D eigenvalue weighted by atomic mass is 10.1. The van der Waals surface area contributed by atoms with Crippen molar-refractivity contribution in [1.82, 2.24) is 5.32 Å². The van der Waals surface area contributed by atoms with Gasteiger partial charge in [0.15, 0.2) is 0 Å². The first-order valence-electron chi connectivity index (χ1n) is 6.65. The van der Waals surface area contributed by atoms with Crippen molar-refractivity contribution in [1.29, 1.82) is 0 Å². The minimum Gasteiger partial charge on any atom is -0.537 e. The highest BCUT2D eigenvalue weighted by Gasteiger charge is 2.24. The summed E-state index contributed by atoms with van der Waals surface area (Å²) in [5.74, 6) is -0.742. The molecule has 1 aromatic rings. The minimum atomic E-state index is -1.16. The number of nitrogens with one attached hydrogen (secondary N) is 1. The Balaban J connectivity index is 2.68. The zero-order valence-corrected chi connectivity index (χ0v) is 12.7. The number of carboxylic acid groups (broad SMARTS) is 1. The Labute approximate surface area is 129 Å². The van der Waals surface area contributed by atoms with Crippen molar-refractivity contribution in [2.24, 2.45) is 0 Å². The molecule has 1 rings (SSSR count). The molecule has 0 spiro atoms. The van der Waals surface area contributed by atoms with E-state index in [1.165, 1.54) is 0 Å². The number of aliphatic carboxylic acids is 1. The number of benzene rings is 1. The number of hydrogen-bond acceptors (Lipinski definition) is 5. The maximum Gasteiger partial charge on any atom is 0.569 e. The molecule has 8 heteroatoms. The topological polar surface area (TPSA) is 105 Å². The van der Waals surface area contributed by atoms with Crippen molar-refractivity contribution in [2.45, 2.75) is 38.8 Å². The highest BCUT2D eigenvalue weighted by Crippen LogP contribution is 2.13. The normalized spacial score (nSPS) is 12.2. The van der Waals surface area contributed by atoms with Gasteiger partial charge in [-0.1, -0.05) is 12.1 Å². The smallest absolute Gasteiger partial charge is 0.537 e. The quantitative estimate of drug-likeness (QED) is 0.680. The van der Waals surface area contributed by atoms with Crippen molar-refractivity contribution in [3.63, 3.8) is 0 Å². The fourth-order valence-electron chi connectivity index (χ4n) is 1.65. The van der Waals surface area contributed by atoms with E-state index in [-0.39, 0.29) is 6.42 Å². The lowest BCUT2D eigenvalue weighted by Gasteiger charge is -2.22. The maximum atomic E-state index is 11.7. The number of carboxylic acids is 1. The molecule has 1 atom stereocenters. The van der Waals surface area contributed by atoms with Crippen LogP contribution in [0.2, 0.25) is 0 Å². The molecule has 7 nitrogen and oxygen atoms in total. The Kier molecular flexibility index (Phi) is 6.24. The van der Waals surface area contributed by atoms with Gasteiger partial charge in [0, 0.05) is 6.42 Å². The van der Waals surface area contributed by atoms with Crippen molar-refractivity contribution >= 4 is 19.7 Å². The van der Waals surface area contributed by atoms with Gasteiger partial charge in [-0.25, -0.2) is 9.59 Å². The number of hydrogen-bond donors (Lipinski definition) is 3. The summed E-state index contributed by atoms with van der Waals surface area (Å²) >= 11 is 0. The van der Waals surface area contributed by atoms with Crippen LogP contribution in [0.3, 0.4) is 0 Å². The average molecular weight is 308 g/mol. The van der Waals surface area contributed by atoms with E-state index in [1.807, 2.05) is 0 Å². The Morgan fingerprint density at radius 1 is 1.27 bits per heavy atom. The molecule has 0 aliphatic heterocycles. The molecule has 22 heavy (non-hydrogen) atoms. The van der Waals surface area contributed by atoms with Gasteiger partial charge in [0.2, 0.25) is 0 Å². The van der Waals surface area contributed by atoms with Crippen molar-refractivity contribution < 1.29 is 29.1 Å². The van der Waals surface area contributed by atoms with E-state index < -0.39 is 23.7 Å². The van der Waals surface area contributed by atoms with E-state index >= 15 is 0 Å². The Bertz CT molecular complexity index is 511. The van der Waals surface area contributed by atoms with Crippen molar-refractivity contribution in [2.75, 3.05) is 0 Å². The summed E-state index contributed by atoms with van der Waals surface area (Å²) in [5, 5.41) is 20.0. The average Bonchev–Trinajstić information content (AvgIpc) is 2.38. The van der Waals surface area contributed by atoms with Crippen LogP contribution in [0.15, 0.2) is 24.3 Å². The van der Waals surface area contributed by atoms with Crippen LogP contribution in [0.1, 0.15) is 26.3 Å². The second-order valence-electron chi connectivity index (χ2n) is 5.61. The fourth-order valence-corrected chi connectivity index (χ4v) is 1.65. The molecule has 0 aliphatic carbocycles. The highest BCUT2D eigenvalue weighted by molar-refractivity contribution is 6.17. The monoisotopic (exact) mass is 308 g/mol. The van der Waals surface area contributed by atoms with Crippen LogP contribution < -0.4 is 9.97 Å². The predicted octanol–water partition coefficient (Wildman–Crippen LogP) is 1.11. The van der Waals surface area contributed by atoms with Gasteiger partial charge in [0.05, 0.1) is 5.75 Å². The second kappa shape index (κ2) is 7.70. The van der Waals surface area contributed by atoms with Gasteiger partial charge < -0.3 is 24.8 Å². The Hall–Kier alpha value is -2.22. The van der Waals surface area contributed by atoms with Crippen molar-refractivity contribution in [3.8, 4) is 5.75 Å². The lowest BCUT2D eigenvalue weighted by molar-refractivity contribution is -0.139. The van der Waals surface area contributed by atoms with Gasteiger partial charge in [0.1, 0.15) is 11.6 Å². The van der Waals surface area contributed by atoms with Crippen molar-refractivity contribution in [3.05, 3.63) is 29.8 Å². The van der Waals surface area contributed by atoms with E-state index in [4.69, 9.17) is 14.4 Å². The summed E-state index contributed by atoms with van der Waals surface area (Å²) in [5.41, 5.74) is -0.0128. The van der Waals surface area contributed by atoms with Crippen LogP contribution in [0, 0.1) is 0 Å². The van der Waals surface area contributed by atoms with Crippen LogP contribution in [-0.2, 0) is 16.0 Å². The summed E-state index contributed by atoms with van der Waals surface area (Å²) in [6, 6.07) is 5.34. The van der Waals surface area contributed by atoms with Gasteiger partial charge in [0.25, 0.3) is 0 Å². The first kappa shape index (κ1) is 17.8. The molecule has 0 unspecified atom stereocenters. The number of ether oxygens (including phenoxy) is 1. The summed E-state index contributed by atoms with van der Waals surface area (Å²) in [7, 11) is 0.555. The number of amides is 1. The van der Waals surface area contributed by atoms with E-state index in [0.717, 1.165) is 0 Å². The molecule has 0 fully saturated rings. The summed E-state index contributed by atoms with van der Waals surface area (Å²) in [6.07, 6.45) is -0.688. The highest BCUT2D eigenvalue weighted by atomic mass is 16.6. The van der Waals surface area contributed by atoms with E-state index in [9.17, 15) is 14.7 Å². The second-order valence-corrected chi connectivity index (χ2v) is 5.61. The van der Waals surface area contributed by atoms with Crippen LogP contribution in [0.4, 0.5) is 4.79 Å².